The number of amides is 1. The van der Waals surface area contributed by atoms with Gasteiger partial charge >= 0.3 is 0 Å². The Bertz CT molecular complexity index is 461. The number of likely N-dealkylation sites (tertiary alicyclic amines) is 1. The molecular weight excluding hydrogens is 228 g/mol. The van der Waals surface area contributed by atoms with Crippen molar-refractivity contribution in [1.82, 2.24) is 4.90 Å². The van der Waals surface area contributed by atoms with Crippen molar-refractivity contribution in [2.24, 2.45) is 11.7 Å². The molecule has 3 rings (SSSR count). The van der Waals surface area contributed by atoms with E-state index in [0.29, 0.717) is 19.1 Å². The van der Waals surface area contributed by atoms with Crippen molar-refractivity contribution in [3.63, 3.8) is 0 Å². The number of carbonyl (C=O) groups excluding carboxylic acids is 1. The zero-order chi connectivity index (χ0) is 12.5. The van der Waals surface area contributed by atoms with E-state index in [1.54, 1.807) is 0 Å². The summed E-state index contributed by atoms with van der Waals surface area (Å²) in [7, 11) is 0. The van der Waals surface area contributed by atoms with Crippen LogP contribution in [0, 0.1) is 5.92 Å². The number of hydrogen-bond acceptors (Lipinski definition) is 3. The molecule has 96 valence electrons. The van der Waals surface area contributed by atoms with Gasteiger partial charge in [-0.3, -0.25) is 4.79 Å². The Morgan fingerprint density at radius 3 is 3.06 bits per heavy atom. The van der Waals surface area contributed by atoms with Crippen molar-refractivity contribution in [2.75, 3.05) is 26.2 Å². The highest BCUT2D eigenvalue weighted by molar-refractivity contribution is 5.85. The lowest BCUT2D eigenvalue weighted by Gasteiger charge is -2.19. The molecule has 1 amide bonds. The number of ether oxygens (including phenoxy) is 1. The van der Waals surface area contributed by atoms with E-state index < -0.39 is 0 Å². The van der Waals surface area contributed by atoms with E-state index in [1.165, 1.54) is 0 Å². The topological polar surface area (TPSA) is 55.6 Å². The van der Waals surface area contributed by atoms with Crippen LogP contribution in [0.2, 0.25) is 0 Å². The van der Waals surface area contributed by atoms with Gasteiger partial charge in [-0.25, -0.2) is 0 Å². The maximum atomic E-state index is 12.5. The predicted molar refractivity (Wildman–Crippen MR) is 68.4 cm³/mol. The van der Waals surface area contributed by atoms with Crippen LogP contribution in [-0.4, -0.2) is 37.0 Å². The first kappa shape index (κ1) is 11.5. The molecule has 2 N–H and O–H groups in total. The van der Waals surface area contributed by atoms with Crippen molar-refractivity contribution in [2.45, 2.75) is 12.3 Å². The number of fused-ring (bicyclic) bond motifs is 1. The number of hydrogen-bond donors (Lipinski definition) is 1. The van der Waals surface area contributed by atoms with Gasteiger partial charge in [0.15, 0.2) is 0 Å². The average Bonchev–Trinajstić information content (AvgIpc) is 3.04. The van der Waals surface area contributed by atoms with Crippen molar-refractivity contribution >= 4 is 5.91 Å². The summed E-state index contributed by atoms with van der Waals surface area (Å²) >= 11 is 0. The Hall–Kier alpha value is -1.55. The molecule has 2 heterocycles. The highest BCUT2D eigenvalue weighted by atomic mass is 16.5. The molecule has 0 spiro atoms. The van der Waals surface area contributed by atoms with Gasteiger partial charge in [0, 0.05) is 18.7 Å². The van der Waals surface area contributed by atoms with E-state index in [0.717, 1.165) is 30.8 Å². The number of rotatable bonds is 2. The third-order valence-corrected chi connectivity index (χ3v) is 3.93. The Balaban J connectivity index is 1.75. The second kappa shape index (κ2) is 4.61. The Morgan fingerprint density at radius 1 is 1.44 bits per heavy atom. The number of nitrogens with zero attached hydrogens (tertiary/aromatic N) is 1. The van der Waals surface area contributed by atoms with Crippen LogP contribution in [0.15, 0.2) is 24.3 Å². The van der Waals surface area contributed by atoms with Crippen molar-refractivity contribution in [1.29, 1.82) is 0 Å². The SMILES string of the molecule is NCC1CCN(C(=O)C2COc3ccccc32)C1. The minimum absolute atomic E-state index is 0.127. The first-order valence-electron chi connectivity index (χ1n) is 6.50. The zero-order valence-corrected chi connectivity index (χ0v) is 10.3. The number of para-hydroxylation sites is 1. The normalized spacial score (nSPS) is 25.9. The zero-order valence-electron chi connectivity index (χ0n) is 10.3. The molecule has 2 unspecified atom stereocenters. The summed E-state index contributed by atoms with van der Waals surface area (Å²) in [6.07, 6.45) is 1.03. The molecule has 0 aliphatic carbocycles. The van der Waals surface area contributed by atoms with Crippen LogP contribution in [-0.2, 0) is 4.79 Å². The Morgan fingerprint density at radius 2 is 2.28 bits per heavy atom. The van der Waals surface area contributed by atoms with Crippen LogP contribution in [0.1, 0.15) is 17.9 Å². The summed E-state index contributed by atoms with van der Waals surface area (Å²) < 4.78 is 5.57. The van der Waals surface area contributed by atoms with E-state index in [-0.39, 0.29) is 11.8 Å². The highest BCUT2D eigenvalue weighted by Crippen LogP contribution is 2.35. The predicted octanol–water partition coefficient (Wildman–Crippen LogP) is 0.970. The molecule has 1 saturated heterocycles. The average molecular weight is 246 g/mol. The summed E-state index contributed by atoms with van der Waals surface area (Å²) in [5, 5.41) is 0. The summed E-state index contributed by atoms with van der Waals surface area (Å²) in [5.41, 5.74) is 6.69. The molecule has 18 heavy (non-hydrogen) atoms. The lowest BCUT2D eigenvalue weighted by atomic mass is 10.00. The number of benzene rings is 1. The lowest BCUT2D eigenvalue weighted by molar-refractivity contribution is -0.132. The molecule has 0 radical (unpaired) electrons. The largest absolute Gasteiger partial charge is 0.492 e. The molecule has 4 nitrogen and oxygen atoms in total. The van der Waals surface area contributed by atoms with Crippen LogP contribution in [0.25, 0.3) is 0 Å². The van der Waals surface area contributed by atoms with Crippen LogP contribution in [0.5, 0.6) is 5.75 Å². The number of nitrogens with two attached hydrogens (primary N) is 1. The van der Waals surface area contributed by atoms with Gasteiger partial charge < -0.3 is 15.4 Å². The van der Waals surface area contributed by atoms with Crippen LogP contribution < -0.4 is 10.5 Å². The first-order chi connectivity index (χ1) is 8.79. The summed E-state index contributed by atoms with van der Waals surface area (Å²) in [4.78, 5) is 14.4. The minimum Gasteiger partial charge on any atom is -0.492 e. The molecule has 4 heteroatoms. The standard InChI is InChI=1S/C14H18N2O2/c15-7-10-5-6-16(8-10)14(17)12-9-18-13-4-2-1-3-11(12)13/h1-4,10,12H,5-9,15H2. The molecule has 1 aromatic rings. The fourth-order valence-corrected chi connectivity index (χ4v) is 2.81. The quantitative estimate of drug-likeness (QED) is 0.846. The smallest absolute Gasteiger partial charge is 0.233 e. The van der Waals surface area contributed by atoms with Gasteiger partial charge in [0.2, 0.25) is 5.91 Å². The first-order valence-corrected chi connectivity index (χ1v) is 6.50. The molecule has 1 fully saturated rings. The summed E-state index contributed by atoms with van der Waals surface area (Å²) in [6, 6.07) is 7.81. The molecule has 2 aliphatic heterocycles. The van der Waals surface area contributed by atoms with Gasteiger partial charge in [0.1, 0.15) is 18.3 Å². The molecule has 1 aromatic carbocycles. The molecule has 2 atom stereocenters. The molecule has 0 aromatic heterocycles. The summed E-state index contributed by atoms with van der Waals surface area (Å²) in [6.45, 7) is 2.77. The third-order valence-electron chi connectivity index (χ3n) is 3.93. The maximum absolute atomic E-state index is 12.5. The van der Waals surface area contributed by atoms with Crippen LogP contribution in [0.3, 0.4) is 0 Å². The van der Waals surface area contributed by atoms with Gasteiger partial charge in [-0.15, -0.1) is 0 Å². The van der Waals surface area contributed by atoms with Gasteiger partial charge in [0.25, 0.3) is 0 Å². The lowest BCUT2D eigenvalue weighted by Crippen LogP contribution is -2.34. The summed E-state index contributed by atoms with van der Waals surface area (Å²) in [5.74, 6) is 1.38. The number of carbonyl (C=O) groups is 1. The second-order valence-electron chi connectivity index (χ2n) is 5.08. The molecule has 0 saturated carbocycles. The highest BCUT2D eigenvalue weighted by Gasteiger charge is 2.35. The maximum Gasteiger partial charge on any atom is 0.233 e. The van der Waals surface area contributed by atoms with Crippen molar-refractivity contribution in [3.05, 3.63) is 29.8 Å². The van der Waals surface area contributed by atoms with E-state index in [4.69, 9.17) is 10.5 Å². The fraction of sp³-hybridized carbons (Fsp3) is 0.500. The third kappa shape index (κ3) is 1.86. The Kier molecular flexibility index (Phi) is 2.96. The fourth-order valence-electron chi connectivity index (χ4n) is 2.81. The molecular formula is C14H18N2O2. The van der Waals surface area contributed by atoms with Gasteiger partial charge in [-0.2, -0.15) is 0 Å². The van der Waals surface area contributed by atoms with Gasteiger partial charge in [-0.1, -0.05) is 18.2 Å². The van der Waals surface area contributed by atoms with E-state index >= 15 is 0 Å². The van der Waals surface area contributed by atoms with E-state index in [1.807, 2.05) is 29.2 Å². The van der Waals surface area contributed by atoms with Crippen LogP contribution >= 0.6 is 0 Å². The van der Waals surface area contributed by atoms with Crippen molar-refractivity contribution < 1.29 is 9.53 Å². The minimum atomic E-state index is -0.127. The van der Waals surface area contributed by atoms with Gasteiger partial charge in [0.05, 0.1) is 0 Å². The van der Waals surface area contributed by atoms with Crippen LogP contribution in [0.4, 0.5) is 0 Å². The van der Waals surface area contributed by atoms with E-state index in [2.05, 4.69) is 0 Å². The van der Waals surface area contributed by atoms with Gasteiger partial charge in [-0.05, 0) is 24.9 Å². The van der Waals surface area contributed by atoms with E-state index in [9.17, 15) is 4.79 Å². The monoisotopic (exact) mass is 246 g/mol. The molecule has 2 aliphatic rings. The second-order valence-corrected chi connectivity index (χ2v) is 5.08. The molecule has 0 bridgehead atoms. The Labute approximate surface area is 107 Å². The van der Waals surface area contributed by atoms with Crippen molar-refractivity contribution in [3.8, 4) is 5.75 Å².